The number of thioether (sulfide) groups is 1. The van der Waals surface area contributed by atoms with E-state index in [4.69, 9.17) is 4.99 Å². The van der Waals surface area contributed by atoms with Gasteiger partial charge in [0.05, 0.1) is 10.6 Å². The zero-order valence-corrected chi connectivity index (χ0v) is 15.3. The summed E-state index contributed by atoms with van der Waals surface area (Å²) in [4.78, 5) is 19.7. The second-order valence-electron chi connectivity index (χ2n) is 5.89. The van der Waals surface area contributed by atoms with Crippen molar-refractivity contribution in [2.45, 2.75) is 20.8 Å². The van der Waals surface area contributed by atoms with Crippen LogP contribution in [0.15, 0.2) is 52.4 Å². The number of hydrogen-bond donors (Lipinski definition) is 1. The number of carbonyl (C=O) groups excluding carboxylic acids is 1. The van der Waals surface area contributed by atoms with Crippen LogP contribution in [0.4, 0.5) is 5.69 Å². The number of benzene rings is 2. The van der Waals surface area contributed by atoms with Crippen molar-refractivity contribution in [2.75, 3.05) is 6.54 Å². The van der Waals surface area contributed by atoms with E-state index in [9.17, 15) is 9.90 Å². The Balaban J connectivity index is 1.99. The third-order valence-electron chi connectivity index (χ3n) is 4.02. The van der Waals surface area contributed by atoms with Gasteiger partial charge in [-0.05, 0) is 67.4 Å². The molecule has 0 spiro atoms. The topological polar surface area (TPSA) is 52.9 Å². The van der Waals surface area contributed by atoms with Crippen LogP contribution in [0.2, 0.25) is 0 Å². The highest BCUT2D eigenvalue weighted by Crippen LogP contribution is 2.35. The third-order valence-corrected chi connectivity index (χ3v) is 5.03. The zero-order valence-electron chi connectivity index (χ0n) is 14.5. The molecule has 0 radical (unpaired) electrons. The second-order valence-corrected chi connectivity index (χ2v) is 6.90. The van der Waals surface area contributed by atoms with Gasteiger partial charge in [0.15, 0.2) is 5.17 Å². The highest BCUT2D eigenvalue weighted by atomic mass is 32.2. The van der Waals surface area contributed by atoms with Crippen molar-refractivity contribution in [3.05, 3.63) is 64.1 Å². The number of aryl methyl sites for hydroxylation is 2. The number of amides is 1. The molecule has 5 heteroatoms. The fraction of sp³-hybridized carbons (Fsp3) is 0.200. The van der Waals surface area contributed by atoms with Gasteiger partial charge < -0.3 is 5.11 Å². The summed E-state index contributed by atoms with van der Waals surface area (Å²) in [6.07, 6.45) is 1.79. The van der Waals surface area contributed by atoms with E-state index in [1.807, 2.05) is 45.0 Å². The van der Waals surface area contributed by atoms with Crippen molar-refractivity contribution in [3.63, 3.8) is 0 Å². The first-order valence-electron chi connectivity index (χ1n) is 8.15. The van der Waals surface area contributed by atoms with Crippen molar-refractivity contribution in [2.24, 2.45) is 4.99 Å². The van der Waals surface area contributed by atoms with Crippen molar-refractivity contribution >= 4 is 34.6 Å². The van der Waals surface area contributed by atoms with E-state index in [-0.39, 0.29) is 11.7 Å². The molecule has 2 aromatic rings. The van der Waals surface area contributed by atoms with E-state index in [0.717, 1.165) is 22.4 Å². The minimum absolute atomic E-state index is 0.0548. The molecule has 2 aromatic carbocycles. The lowest BCUT2D eigenvalue weighted by atomic mass is 10.1. The molecule has 0 aliphatic carbocycles. The first-order valence-corrected chi connectivity index (χ1v) is 8.96. The molecule has 0 aromatic heterocycles. The monoisotopic (exact) mass is 352 g/mol. The summed E-state index contributed by atoms with van der Waals surface area (Å²) in [6, 6.07) is 12.9. The van der Waals surface area contributed by atoms with Crippen LogP contribution in [0, 0.1) is 13.8 Å². The molecule has 25 heavy (non-hydrogen) atoms. The summed E-state index contributed by atoms with van der Waals surface area (Å²) in [5.41, 5.74) is 3.87. The van der Waals surface area contributed by atoms with Crippen molar-refractivity contribution in [1.29, 1.82) is 0 Å². The number of nitrogens with zero attached hydrogens (tertiary/aromatic N) is 2. The number of carbonyl (C=O) groups is 1. The molecule has 1 heterocycles. The van der Waals surface area contributed by atoms with Gasteiger partial charge >= 0.3 is 0 Å². The number of phenolic OH excluding ortho intramolecular Hbond substituents is 1. The number of hydrogen-bond acceptors (Lipinski definition) is 4. The lowest BCUT2D eigenvalue weighted by molar-refractivity contribution is -0.122. The molecule has 1 N–H and O–H groups in total. The summed E-state index contributed by atoms with van der Waals surface area (Å²) >= 11 is 1.37. The molecule has 0 unspecified atom stereocenters. The van der Waals surface area contributed by atoms with Crippen molar-refractivity contribution in [1.82, 2.24) is 4.90 Å². The molecule has 0 atom stereocenters. The molecule has 1 aliphatic heterocycles. The van der Waals surface area contributed by atoms with Crippen LogP contribution in [0.3, 0.4) is 0 Å². The summed E-state index contributed by atoms with van der Waals surface area (Å²) in [5.74, 6) is 0.127. The van der Waals surface area contributed by atoms with Gasteiger partial charge in [0, 0.05) is 6.54 Å². The van der Waals surface area contributed by atoms with Crippen LogP contribution in [0.1, 0.15) is 23.6 Å². The average Bonchev–Trinajstić information content (AvgIpc) is 2.86. The fourth-order valence-corrected chi connectivity index (χ4v) is 3.76. The van der Waals surface area contributed by atoms with Gasteiger partial charge in [0.1, 0.15) is 5.75 Å². The van der Waals surface area contributed by atoms with Crippen molar-refractivity contribution < 1.29 is 9.90 Å². The first-order chi connectivity index (χ1) is 12.0. The average molecular weight is 352 g/mol. The molecule has 4 nitrogen and oxygen atoms in total. The van der Waals surface area contributed by atoms with Gasteiger partial charge in [0.2, 0.25) is 0 Å². The van der Waals surface area contributed by atoms with E-state index < -0.39 is 0 Å². The molecule has 3 rings (SSSR count). The number of phenols is 1. The Labute approximate surface area is 151 Å². The normalized spacial score (nSPS) is 17.7. The minimum atomic E-state index is -0.0548. The predicted octanol–water partition coefficient (Wildman–Crippen LogP) is 4.63. The molecule has 0 bridgehead atoms. The van der Waals surface area contributed by atoms with Crippen LogP contribution in [0.25, 0.3) is 6.08 Å². The first kappa shape index (κ1) is 17.3. The van der Waals surface area contributed by atoms with Crippen molar-refractivity contribution in [3.8, 4) is 5.75 Å². The SMILES string of the molecule is CCN1C(=O)/C(=C\c2cccc(O)c2)SC1=Nc1c(C)cccc1C. The Kier molecular flexibility index (Phi) is 4.95. The summed E-state index contributed by atoms with van der Waals surface area (Å²) in [6.45, 7) is 6.55. The fourth-order valence-electron chi connectivity index (χ4n) is 2.71. The summed E-state index contributed by atoms with van der Waals surface area (Å²) in [5, 5.41) is 10.3. The maximum absolute atomic E-state index is 12.7. The Bertz CT molecular complexity index is 867. The van der Waals surface area contributed by atoms with Crippen LogP contribution >= 0.6 is 11.8 Å². The Morgan fingerprint density at radius 2 is 1.84 bits per heavy atom. The number of aromatic hydroxyl groups is 1. The van der Waals surface area contributed by atoms with Crippen LogP contribution in [-0.2, 0) is 4.79 Å². The lowest BCUT2D eigenvalue weighted by Gasteiger charge is -2.13. The van der Waals surface area contributed by atoms with Crippen LogP contribution in [0.5, 0.6) is 5.75 Å². The second kappa shape index (κ2) is 7.15. The molecule has 0 saturated carbocycles. The molecule has 1 aliphatic rings. The third kappa shape index (κ3) is 3.61. The van der Waals surface area contributed by atoms with Crippen LogP contribution in [-0.4, -0.2) is 27.6 Å². The zero-order chi connectivity index (χ0) is 18.0. The van der Waals surface area contributed by atoms with Gasteiger partial charge in [-0.25, -0.2) is 4.99 Å². The Hall–Kier alpha value is -2.53. The van der Waals surface area contributed by atoms with E-state index in [1.54, 1.807) is 29.2 Å². The quantitative estimate of drug-likeness (QED) is 0.819. The highest BCUT2D eigenvalue weighted by Gasteiger charge is 2.32. The van der Waals surface area contributed by atoms with Gasteiger partial charge in [-0.2, -0.15) is 0 Å². The van der Waals surface area contributed by atoms with Gasteiger partial charge in [-0.15, -0.1) is 0 Å². The number of para-hydroxylation sites is 1. The minimum Gasteiger partial charge on any atom is -0.508 e. The number of aliphatic imine (C=N–C) groups is 1. The maximum atomic E-state index is 12.7. The molecule has 1 saturated heterocycles. The predicted molar refractivity (Wildman–Crippen MR) is 104 cm³/mol. The lowest BCUT2D eigenvalue weighted by Crippen LogP contribution is -2.28. The largest absolute Gasteiger partial charge is 0.508 e. The van der Waals surface area contributed by atoms with E-state index in [2.05, 4.69) is 0 Å². The standard InChI is InChI=1S/C20H20N2O2S/c1-4-22-19(24)17(12-15-9-6-10-16(23)11-15)25-20(22)21-18-13(2)7-5-8-14(18)3/h5-12,23H,4H2,1-3H3/b17-12+,21-20?. The van der Waals surface area contributed by atoms with Gasteiger partial charge in [0.25, 0.3) is 5.91 Å². The van der Waals surface area contributed by atoms with E-state index >= 15 is 0 Å². The number of likely N-dealkylation sites (N-methyl/N-ethyl adjacent to an activating group) is 1. The molecule has 128 valence electrons. The van der Waals surface area contributed by atoms with E-state index in [1.165, 1.54) is 11.8 Å². The number of amidine groups is 1. The van der Waals surface area contributed by atoms with E-state index in [0.29, 0.717) is 16.6 Å². The maximum Gasteiger partial charge on any atom is 0.266 e. The Morgan fingerprint density at radius 3 is 2.48 bits per heavy atom. The highest BCUT2D eigenvalue weighted by molar-refractivity contribution is 8.18. The molecule has 1 fully saturated rings. The summed E-state index contributed by atoms with van der Waals surface area (Å²) in [7, 11) is 0. The summed E-state index contributed by atoms with van der Waals surface area (Å²) < 4.78 is 0. The molecule has 1 amide bonds. The van der Waals surface area contributed by atoms with Gasteiger partial charge in [-0.3, -0.25) is 9.69 Å². The van der Waals surface area contributed by atoms with Crippen LogP contribution < -0.4 is 0 Å². The van der Waals surface area contributed by atoms with Gasteiger partial charge in [-0.1, -0.05) is 30.3 Å². The molecular formula is C20H20N2O2S. The smallest absolute Gasteiger partial charge is 0.266 e. The Morgan fingerprint density at radius 1 is 1.16 bits per heavy atom. The molecular weight excluding hydrogens is 332 g/mol. The number of rotatable bonds is 3.